The quantitative estimate of drug-likeness (QED) is 0.219. The van der Waals surface area contributed by atoms with E-state index in [1.54, 1.807) is 6.07 Å². The standard InChI is InChI=1S/C25H24O12/c1-30-16-9-13(10-17(31-2)20(16)32-3)21(26)25(23(28)34-5)18(22(27)33-4)19(37-24(25)29)12-6-7-14-15(8-12)36-11-35-14/h6-10,18-19H,11H2,1-5H3/t18-,19+,25+/m1/s1. The van der Waals surface area contributed by atoms with E-state index in [1.807, 2.05) is 0 Å². The fourth-order valence-corrected chi connectivity index (χ4v) is 4.55. The molecule has 3 atom stereocenters. The maximum Gasteiger partial charge on any atom is 0.333 e. The second-order valence-electron chi connectivity index (χ2n) is 7.98. The molecule has 0 bridgehead atoms. The van der Waals surface area contributed by atoms with E-state index in [2.05, 4.69) is 0 Å². The van der Waals surface area contributed by atoms with Crippen LogP contribution in [0.4, 0.5) is 0 Å². The van der Waals surface area contributed by atoms with E-state index in [0.29, 0.717) is 11.5 Å². The number of ether oxygens (including phenoxy) is 8. The number of Topliss-reactive ketones (excluding diaryl/α,β-unsaturated/α-hetero) is 1. The molecule has 2 heterocycles. The first-order chi connectivity index (χ1) is 17.8. The van der Waals surface area contributed by atoms with Gasteiger partial charge in [0.15, 0.2) is 28.8 Å². The van der Waals surface area contributed by atoms with Gasteiger partial charge in [-0.15, -0.1) is 0 Å². The molecule has 0 spiro atoms. The van der Waals surface area contributed by atoms with Crippen LogP contribution in [0.3, 0.4) is 0 Å². The number of esters is 3. The number of hydrogen-bond donors (Lipinski definition) is 0. The highest BCUT2D eigenvalue weighted by Crippen LogP contribution is 2.52. The van der Waals surface area contributed by atoms with Gasteiger partial charge in [0.2, 0.25) is 18.0 Å². The van der Waals surface area contributed by atoms with Crippen LogP contribution in [0.1, 0.15) is 22.0 Å². The average Bonchev–Trinajstić information content (AvgIpc) is 3.52. The molecule has 0 N–H and O–H groups in total. The van der Waals surface area contributed by atoms with Gasteiger partial charge in [-0.05, 0) is 29.8 Å². The van der Waals surface area contributed by atoms with Gasteiger partial charge in [0, 0.05) is 5.56 Å². The van der Waals surface area contributed by atoms with Crippen LogP contribution in [-0.4, -0.2) is 66.0 Å². The number of cyclic esters (lactones) is 1. The third-order valence-corrected chi connectivity index (χ3v) is 6.30. The Morgan fingerprint density at radius 2 is 1.51 bits per heavy atom. The fraction of sp³-hybridized carbons (Fsp3) is 0.360. The Bertz CT molecular complexity index is 1240. The van der Waals surface area contributed by atoms with Crippen molar-refractivity contribution in [2.45, 2.75) is 6.10 Å². The van der Waals surface area contributed by atoms with Crippen molar-refractivity contribution in [1.82, 2.24) is 0 Å². The molecule has 0 amide bonds. The van der Waals surface area contributed by atoms with E-state index in [9.17, 15) is 19.2 Å². The predicted molar refractivity (Wildman–Crippen MR) is 122 cm³/mol. The molecule has 2 aliphatic rings. The lowest BCUT2D eigenvalue weighted by Crippen LogP contribution is -2.52. The van der Waals surface area contributed by atoms with Crippen LogP contribution >= 0.6 is 0 Å². The molecule has 1 saturated heterocycles. The monoisotopic (exact) mass is 516 g/mol. The van der Waals surface area contributed by atoms with Crippen molar-refractivity contribution < 1.29 is 57.1 Å². The minimum atomic E-state index is -2.74. The summed E-state index contributed by atoms with van der Waals surface area (Å²) < 4.78 is 41.9. The van der Waals surface area contributed by atoms with Gasteiger partial charge < -0.3 is 37.9 Å². The Labute approximate surface area is 211 Å². The SMILES string of the molecule is COC(=O)[C@H]1[C@H](c2ccc3c(c2)OCO3)OC(=O)[C@]1(C(=O)OC)C(=O)c1cc(OC)c(OC)c(OC)c1. The minimum Gasteiger partial charge on any atom is -0.493 e. The van der Waals surface area contributed by atoms with Gasteiger partial charge in [0.25, 0.3) is 0 Å². The number of rotatable bonds is 8. The van der Waals surface area contributed by atoms with Crippen LogP contribution in [0.25, 0.3) is 0 Å². The summed E-state index contributed by atoms with van der Waals surface area (Å²) in [6.07, 6.45) is -1.39. The van der Waals surface area contributed by atoms with Crippen molar-refractivity contribution in [3.63, 3.8) is 0 Å². The normalized spacial score (nSPS) is 21.6. The third-order valence-electron chi connectivity index (χ3n) is 6.30. The van der Waals surface area contributed by atoms with Crippen molar-refractivity contribution in [1.29, 1.82) is 0 Å². The van der Waals surface area contributed by atoms with E-state index >= 15 is 0 Å². The predicted octanol–water partition coefficient (Wildman–Crippen LogP) is 1.87. The van der Waals surface area contributed by atoms with Crippen LogP contribution in [0, 0.1) is 11.3 Å². The summed E-state index contributed by atoms with van der Waals surface area (Å²) in [5, 5.41) is 0. The van der Waals surface area contributed by atoms with E-state index in [4.69, 9.17) is 37.9 Å². The molecule has 0 radical (unpaired) electrons. The molecule has 0 unspecified atom stereocenters. The number of carbonyl (C=O) groups is 4. The van der Waals surface area contributed by atoms with Crippen LogP contribution < -0.4 is 23.7 Å². The molecule has 196 valence electrons. The average molecular weight is 516 g/mol. The molecule has 1 fully saturated rings. The molecular weight excluding hydrogens is 492 g/mol. The molecule has 4 rings (SSSR count). The van der Waals surface area contributed by atoms with Gasteiger partial charge in [-0.3, -0.25) is 19.2 Å². The Balaban J connectivity index is 1.92. The topological polar surface area (TPSA) is 142 Å². The maximum atomic E-state index is 14.1. The van der Waals surface area contributed by atoms with E-state index in [1.165, 1.54) is 45.6 Å². The lowest BCUT2D eigenvalue weighted by Gasteiger charge is -2.27. The van der Waals surface area contributed by atoms with Crippen LogP contribution in [0.2, 0.25) is 0 Å². The summed E-state index contributed by atoms with van der Waals surface area (Å²) in [6.45, 7) is -0.0185. The Kier molecular flexibility index (Phi) is 6.84. The smallest absolute Gasteiger partial charge is 0.333 e. The van der Waals surface area contributed by atoms with E-state index in [0.717, 1.165) is 14.2 Å². The first-order valence-corrected chi connectivity index (χ1v) is 10.9. The largest absolute Gasteiger partial charge is 0.493 e. The Morgan fingerprint density at radius 3 is 2.08 bits per heavy atom. The molecule has 37 heavy (non-hydrogen) atoms. The molecule has 2 aromatic rings. The zero-order valence-electron chi connectivity index (χ0n) is 20.6. The van der Waals surface area contributed by atoms with Crippen molar-refractivity contribution in [3.05, 3.63) is 41.5 Å². The molecule has 0 aromatic heterocycles. The van der Waals surface area contributed by atoms with Gasteiger partial charge >= 0.3 is 17.9 Å². The van der Waals surface area contributed by atoms with Gasteiger partial charge in [0.1, 0.15) is 12.0 Å². The molecule has 2 aliphatic heterocycles. The summed E-state index contributed by atoms with van der Waals surface area (Å²) in [6, 6.07) is 7.08. The van der Waals surface area contributed by atoms with Crippen molar-refractivity contribution in [2.75, 3.05) is 42.3 Å². The summed E-state index contributed by atoms with van der Waals surface area (Å²) in [7, 11) is 6.09. The summed E-state index contributed by atoms with van der Waals surface area (Å²) in [5.41, 5.74) is -2.67. The number of hydrogen-bond acceptors (Lipinski definition) is 12. The third kappa shape index (κ3) is 3.85. The number of benzene rings is 2. The lowest BCUT2D eigenvalue weighted by molar-refractivity contribution is -0.165. The number of methoxy groups -OCH3 is 5. The summed E-state index contributed by atoms with van der Waals surface area (Å²) in [5.74, 6) is -5.33. The molecule has 0 aliphatic carbocycles. The molecular formula is C25H24O12. The van der Waals surface area contributed by atoms with Crippen LogP contribution in [0.15, 0.2) is 30.3 Å². The number of carbonyl (C=O) groups excluding carboxylic acids is 4. The number of ketones is 1. The molecule has 0 saturated carbocycles. The zero-order valence-corrected chi connectivity index (χ0v) is 20.6. The van der Waals surface area contributed by atoms with Crippen molar-refractivity contribution in [3.8, 4) is 28.7 Å². The highest BCUT2D eigenvalue weighted by Gasteiger charge is 2.71. The van der Waals surface area contributed by atoms with Gasteiger partial charge in [-0.2, -0.15) is 0 Å². The van der Waals surface area contributed by atoms with Crippen molar-refractivity contribution in [2.24, 2.45) is 11.3 Å². The van der Waals surface area contributed by atoms with Gasteiger partial charge in [-0.25, -0.2) is 0 Å². The molecule has 12 heteroatoms. The number of fused-ring (bicyclic) bond motifs is 1. The van der Waals surface area contributed by atoms with Gasteiger partial charge in [0.05, 0.1) is 35.5 Å². The van der Waals surface area contributed by atoms with Crippen LogP contribution in [-0.2, 0) is 28.6 Å². The second kappa shape index (κ2) is 9.88. The second-order valence-corrected chi connectivity index (χ2v) is 7.98. The Hall–Kier alpha value is -4.48. The molecule has 2 aromatic carbocycles. The summed E-state index contributed by atoms with van der Waals surface area (Å²) >= 11 is 0. The fourth-order valence-electron chi connectivity index (χ4n) is 4.55. The first-order valence-electron chi connectivity index (χ1n) is 10.9. The highest BCUT2D eigenvalue weighted by molar-refractivity contribution is 6.28. The van der Waals surface area contributed by atoms with Gasteiger partial charge in [-0.1, -0.05) is 6.07 Å². The lowest BCUT2D eigenvalue weighted by atomic mass is 9.68. The molecule has 12 nitrogen and oxygen atoms in total. The highest BCUT2D eigenvalue weighted by atomic mass is 16.7. The maximum absolute atomic E-state index is 14.1. The van der Waals surface area contributed by atoms with E-state index < -0.39 is 41.1 Å². The Morgan fingerprint density at radius 1 is 0.865 bits per heavy atom. The first kappa shape index (κ1) is 25.6. The minimum absolute atomic E-state index is 0.0185. The zero-order chi connectivity index (χ0) is 26.9. The van der Waals surface area contributed by atoms with Crippen LogP contribution in [0.5, 0.6) is 28.7 Å². The van der Waals surface area contributed by atoms with E-state index in [-0.39, 0.29) is 35.2 Å². The summed E-state index contributed by atoms with van der Waals surface area (Å²) in [4.78, 5) is 54.1. The van der Waals surface area contributed by atoms with Crippen molar-refractivity contribution >= 4 is 23.7 Å².